The van der Waals surface area contributed by atoms with Crippen LogP contribution in [-0.4, -0.2) is 15.8 Å². The van der Waals surface area contributed by atoms with Gasteiger partial charge in [0.15, 0.2) is 0 Å². The highest BCUT2D eigenvalue weighted by atomic mass is 16.1. The quantitative estimate of drug-likeness (QED) is 0.723. The van der Waals surface area contributed by atoms with E-state index in [0.717, 1.165) is 11.8 Å². The van der Waals surface area contributed by atoms with Gasteiger partial charge in [-0.15, -0.1) is 0 Å². The highest BCUT2D eigenvalue weighted by Crippen LogP contribution is 2.09. The Hall–Kier alpha value is -1.97. The summed E-state index contributed by atoms with van der Waals surface area (Å²) >= 11 is 0. The van der Waals surface area contributed by atoms with Gasteiger partial charge in [-0.05, 0) is 18.6 Å². The molecule has 2 aromatic rings. The van der Waals surface area contributed by atoms with Crippen molar-refractivity contribution in [1.29, 1.82) is 0 Å². The molecule has 0 aliphatic carbocycles. The van der Waals surface area contributed by atoms with Gasteiger partial charge < -0.3 is 4.79 Å². The van der Waals surface area contributed by atoms with Crippen LogP contribution in [0.5, 0.6) is 0 Å². The molecule has 16 heavy (non-hydrogen) atoms. The van der Waals surface area contributed by atoms with Crippen LogP contribution in [0, 0.1) is 0 Å². The summed E-state index contributed by atoms with van der Waals surface area (Å²) in [6.07, 6.45) is 1.30. The summed E-state index contributed by atoms with van der Waals surface area (Å²) in [5, 5.41) is 0. The number of aryl methyl sites for hydroxylation is 1. The number of aromatic nitrogens is 2. The molecule has 0 saturated carbocycles. The van der Waals surface area contributed by atoms with Crippen molar-refractivity contribution in [2.24, 2.45) is 0 Å². The highest BCUT2D eigenvalue weighted by Gasteiger charge is 2.08. The lowest BCUT2D eigenvalue weighted by Crippen LogP contribution is -2.26. The molecule has 0 amide bonds. The molecule has 1 aromatic heterocycles. The maximum Gasteiger partial charge on any atom is 0.273 e. The van der Waals surface area contributed by atoms with Gasteiger partial charge >= 0.3 is 0 Å². The second kappa shape index (κ2) is 4.26. The first-order chi connectivity index (χ1) is 7.77. The number of nitrogens with zero attached hydrogens (tertiary/aromatic N) is 2. The van der Waals surface area contributed by atoms with Gasteiger partial charge in [0.25, 0.3) is 5.56 Å². The Bertz CT molecular complexity index is 587. The third-order valence-electron chi connectivity index (χ3n) is 2.51. The normalized spacial score (nSPS) is 10.6. The third-order valence-corrected chi connectivity index (χ3v) is 2.51. The molecular weight excluding hydrogens is 204 g/mol. The Balaban J connectivity index is 2.85. The van der Waals surface area contributed by atoms with Gasteiger partial charge in [0.2, 0.25) is 0 Å². The summed E-state index contributed by atoms with van der Waals surface area (Å²) in [5.74, 6) is 0. The zero-order chi connectivity index (χ0) is 11.5. The van der Waals surface area contributed by atoms with Crippen LogP contribution in [0.2, 0.25) is 0 Å². The number of rotatable bonds is 3. The van der Waals surface area contributed by atoms with Crippen LogP contribution < -0.4 is 5.56 Å². The molecule has 1 heterocycles. The fourth-order valence-electron chi connectivity index (χ4n) is 1.73. The number of fused-ring (bicyclic) bond motifs is 1. The Morgan fingerprint density at radius 1 is 1.38 bits per heavy atom. The van der Waals surface area contributed by atoms with Crippen LogP contribution in [0.4, 0.5) is 0 Å². The zero-order valence-corrected chi connectivity index (χ0v) is 9.01. The Morgan fingerprint density at radius 2 is 2.12 bits per heavy atom. The average Bonchev–Trinajstić information content (AvgIpc) is 2.32. The molecule has 0 aliphatic heterocycles. The number of carbonyl (C=O) groups is 1. The SMILES string of the molecule is CCc1nc2ccccc2n(CC=O)c1=O. The molecule has 0 atom stereocenters. The Morgan fingerprint density at radius 3 is 2.81 bits per heavy atom. The van der Waals surface area contributed by atoms with Gasteiger partial charge in [-0.2, -0.15) is 0 Å². The number of hydrogen-bond donors (Lipinski definition) is 0. The minimum atomic E-state index is -0.173. The van der Waals surface area contributed by atoms with E-state index in [1.165, 1.54) is 4.57 Å². The first-order valence-electron chi connectivity index (χ1n) is 5.20. The van der Waals surface area contributed by atoms with E-state index in [9.17, 15) is 9.59 Å². The molecule has 0 bridgehead atoms. The smallest absolute Gasteiger partial charge is 0.273 e. The minimum absolute atomic E-state index is 0.0782. The molecular formula is C12H12N2O2. The van der Waals surface area contributed by atoms with Crippen LogP contribution >= 0.6 is 0 Å². The summed E-state index contributed by atoms with van der Waals surface area (Å²) in [7, 11) is 0. The molecule has 82 valence electrons. The molecule has 4 nitrogen and oxygen atoms in total. The second-order valence-corrected chi connectivity index (χ2v) is 3.48. The highest BCUT2D eigenvalue weighted by molar-refractivity contribution is 5.75. The third kappa shape index (κ3) is 1.62. The number of hydrogen-bond acceptors (Lipinski definition) is 3. The van der Waals surface area contributed by atoms with Crippen molar-refractivity contribution < 1.29 is 4.79 Å². The molecule has 1 aromatic carbocycles. The Labute approximate surface area is 92.5 Å². The van der Waals surface area contributed by atoms with Gasteiger partial charge in [-0.1, -0.05) is 19.1 Å². The molecule has 4 heteroatoms. The molecule has 0 aliphatic rings. The predicted molar refractivity (Wildman–Crippen MR) is 61.4 cm³/mol. The van der Waals surface area contributed by atoms with Gasteiger partial charge in [0, 0.05) is 0 Å². The number of aldehydes is 1. The molecule has 0 unspecified atom stereocenters. The molecule has 0 fully saturated rings. The lowest BCUT2D eigenvalue weighted by Gasteiger charge is -2.08. The summed E-state index contributed by atoms with van der Waals surface area (Å²) in [6, 6.07) is 7.34. The van der Waals surface area contributed by atoms with Gasteiger partial charge in [-0.25, -0.2) is 4.98 Å². The maximum absolute atomic E-state index is 11.9. The fraction of sp³-hybridized carbons (Fsp3) is 0.250. The van der Waals surface area contributed by atoms with Crippen LogP contribution in [0.1, 0.15) is 12.6 Å². The standard InChI is InChI=1S/C12H12N2O2/c1-2-9-12(16)14(7-8-15)11-6-4-3-5-10(11)13-9/h3-6,8H,2,7H2,1H3. The van der Waals surface area contributed by atoms with E-state index >= 15 is 0 Å². The van der Waals surface area contributed by atoms with Crippen molar-refractivity contribution in [2.75, 3.05) is 0 Å². The van der Waals surface area contributed by atoms with Gasteiger partial charge in [0.1, 0.15) is 12.0 Å². The van der Waals surface area contributed by atoms with Crippen molar-refractivity contribution >= 4 is 17.3 Å². The average molecular weight is 216 g/mol. The second-order valence-electron chi connectivity index (χ2n) is 3.48. The topological polar surface area (TPSA) is 52.0 Å². The van der Waals surface area contributed by atoms with E-state index in [0.29, 0.717) is 17.6 Å². The van der Waals surface area contributed by atoms with Crippen molar-refractivity contribution in [3.8, 4) is 0 Å². The Kier molecular flexibility index (Phi) is 2.81. The summed E-state index contributed by atoms with van der Waals surface area (Å²) in [6.45, 7) is 1.96. The van der Waals surface area contributed by atoms with Crippen molar-refractivity contribution in [3.63, 3.8) is 0 Å². The summed E-state index contributed by atoms with van der Waals surface area (Å²) in [5.41, 5.74) is 1.78. The summed E-state index contributed by atoms with van der Waals surface area (Å²) < 4.78 is 1.47. The number of para-hydroxylation sites is 2. The van der Waals surface area contributed by atoms with Crippen molar-refractivity contribution in [3.05, 3.63) is 40.3 Å². The number of carbonyl (C=O) groups excluding carboxylic acids is 1. The van der Waals surface area contributed by atoms with E-state index < -0.39 is 0 Å². The predicted octanol–water partition coefficient (Wildman–Crippen LogP) is 1.16. The fourth-order valence-corrected chi connectivity index (χ4v) is 1.73. The van der Waals surface area contributed by atoms with Crippen LogP contribution in [0.25, 0.3) is 11.0 Å². The maximum atomic E-state index is 11.9. The largest absolute Gasteiger partial charge is 0.301 e. The van der Waals surface area contributed by atoms with Crippen LogP contribution in [0.3, 0.4) is 0 Å². The first kappa shape index (κ1) is 10.5. The lowest BCUT2D eigenvalue weighted by molar-refractivity contribution is -0.108. The lowest BCUT2D eigenvalue weighted by atomic mass is 10.2. The van der Waals surface area contributed by atoms with E-state index in [1.54, 1.807) is 6.07 Å². The molecule has 2 rings (SSSR count). The number of benzene rings is 1. The van der Waals surface area contributed by atoms with E-state index in [1.807, 2.05) is 25.1 Å². The van der Waals surface area contributed by atoms with Crippen molar-refractivity contribution in [2.45, 2.75) is 19.9 Å². The zero-order valence-electron chi connectivity index (χ0n) is 9.01. The van der Waals surface area contributed by atoms with E-state index in [-0.39, 0.29) is 12.1 Å². The van der Waals surface area contributed by atoms with E-state index in [2.05, 4.69) is 4.98 Å². The first-order valence-corrected chi connectivity index (χ1v) is 5.20. The monoisotopic (exact) mass is 216 g/mol. The molecule has 0 radical (unpaired) electrons. The van der Waals surface area contributed by atoms with Crippen LogP contribution in [-0.2, 0) is 17.8 Å². The molecule has 0 spiro atoms. The van der Waals surface area contributed by atoms with Crippen LogP contribution in [0.15, 0.2) is 29.1 Å². The van der Waals surface area contributed by atoms with Gasteiger partial charge in [0.05, 0.1) is 17.6 Å². The minimum Gasteiger partial charge on any atom is -0.301 e. The van der Waals surface area contributed by atoms with E-state index in [4.69, 9.17) is 0 Å². The molecule has 0 N–H and O–H groups in total. The summed E-state index contributed by atoms with van der Waals surface area (Å²) in [4.78, 5) is 26.8. The molecule has 0 saturated heterocycles. The van der Waals surface area contributed by atoms with Gasteiger partial charge in [-0.3, -0.25) is 9.36 Å². The van der Waals surface area contributed by atoms with Crippen molar-refractivity contribution in [1.82, 2.24) is 9.55 Å².